The van der Waals surface area contributed by atoms with Crippen LogP contribution in [0.2, 0.25) is 0 Å². The zero-order valence-corrected chi connectivity index (χ0v) is 7.83. The summed E-state index contributed by atoms with van der Waals surface area (Å²) in [6, 6.07) is 2.65. The summed E-state index contributed by atoms with van der Waals surface area (Å²) in [6.07, 6.45) is 1.41. The second-order valence-electron chi connectivity index (χ2n) is 3.07. The zero-order chi connectivity index (χ0) is 10.7. The molecule has 5 heteroatoms. The number of hydrogen-bond acceptors (Lipinski definition) is 4. The second-order valence-corrected chi connectivity index (χ2v) is 3.07. The molecule has 1 heterocycles. The van der Waals surface area contributed by atoms with Crippen LogP contribution < -0.4 is 4.74 Å². The van der Waals surface area contributed by atoms with E-state index < -0.39 is 0 Å². The lowest BCUT2D eigenvalue weighted by Crippen LogP contribution is -2.13. The third-order valence-electron chi connectivity index (χ3n) is 2.07. The zero-order valence-electron chi connectivity index (χ0n) is 7.83. The van der Waals surface area contributed by atoms with E-state index in [-0.39, 0.29) is 19.2 Å². The quantitative estimate of drug-likeness (QED) is 0.548. The minimum atomic E-state index is -0.390. The molecule has 78 valence electrons. The second kappa shape index (κ2) is 4.21. The maximum absolute atomic E-state index is 13.1. The number of benzene rings is 1. The van der Waals surface area contributed by atoms with Crippen LogP contribution in [0, 0.1) is 5.82 Å². The van der Waals surface area contributed by atoms with Crippen molar-refractivity contribution in [2.75, 3.05) is 6.79 Å². The average Bonchev–Trinajstić information content (AvgIpc) is 2.25. The van der Waals surface area contributed by atoms with Gasteiger partial charge in [-0.15, -0.1) is 0 Å². The first-order valence-electron chi connectivity index (χ1n) is 4.36. The number of aliphatic imine (C=N–C) groups is 1. The number of halogens is 1. The van der Waals surface area contributed by atoms with Gasteiger partial charge in [-0.25, -0.2) is 14.2 Å². The van der Waals surface area contributed by atoms with Crippen molar-refractivity contribution in [1.82, 2.24) is 0 Å². The Hall–Kier alpha value is -1.71. The molecule has 15 heavy (non-hydrogen) atoms. The third-order valence-corrected chi connectivity index (χ3v) is 2.07. The fourth-order valence-corrected chi connectivity index (χ4v) is 1.49. The summed E-state index contributed by atoms with van der Waals surface area (Å²) in [5.41, 5.74) is 1.17. The Morgan fingerprint density at radius 3 is 3.20 bits per heavy atom. The van der Waals surface area contributed by atoms with Gasteiger partial charge in [0.1, 0.15) is 11.6 Å². The minimum Gasteiger partial charge on any atom is -0.467 e. The first kappa shape index (κ1) is 9.83. The topological polar surface area (TPSA) is 47.9 Å². The van der Waals surface area contributed by atoms with Crippen LogP contribution in [-0.2, 0) is 22.7 Å². The van der Waals surface area contributed by atoms with Crippen LogP contribution >= 0.6 is 0 Å². The largest absolute Gasteiger partial charge is 0.467 e. The van der Waals surface area contributed by atoms with Crippen molar-refractivity contribution in [2.45, 2.75) is 13.2 Å². The van der Waals surface area contributed by atoms with Gasteiger partial charge in [-0.3, -0.25) is 0 Å². The van der Waals surface area contributed by atoms with Crippen molar-refractivity contribution in [1.29, 1.82) is 0 Å². The molecular formula is C10H8FNO3. The molecule has 0 radical (unpaired) electrons. The van der Waals surface area contributed by atoms with Gasteiger partial charge < -0.3 is 9.47 Å². The summed E-state index contributed by atoms with van der Waals surface area (Å²) >= 11 is 0. The number of fused-ring (bicyclic) bond motifs is 1. The molecular weight excluding hydrogens is 201 g/mol. The highest BCUT2D eigenvalue weighted by molar-refractivity contribution is 5.43. The predicted octanol–water partition coefficient (Wildman–Crippen LogP) is 1.53. The molecule has 1 aromatic carbocycles. The van der Waals surface area contributed by atoms with Gasteiger partial charge in [0, 0.05) is 11.1 Å². The normalized spacial score (nSPS) is 13.7. The fourth-order valence-electron chi connectivity index (χ4n) is 1.49. The van der Waals surface area contributed by atoms with Crippen molar-refractivity contribution < 1.29 is 18.7 Å². The first-order chi connectivity index (χ1) is 7.31. The van der Waals surface area contributed by atoms with Crippen LogP contribution in [0.3, 0.4) is 0 Å². The van der Waals surface area contributed by atoms with Gasteiger partial charge in [0.05, 0.1) is 13.2 Å². The molecule has 0 fully saturated rings. The lowest BCUT2D eigenvalue weighted by Gasteiger charge is -2.19. The van der Waals surface area contributed by atoms with Gasteiger partial charge in [-0.2, -0.15) is 0 Å². The number of isocyanates is 1. The molecule has 0 saturated carbocycles. The summed E-state index contributed by atoms with van der Waals surface area (Å²) in [5, 5.41) is 0. The average molecular weight is 209 g/mol. The Labute approximate surface area is 85.3 Å². The van der Waals surface area contributed by atoms with Crippen molar-refractivity contribution in [3.63, 3.8) is 0 Å². The standard InChI is InChI=1S/C10H8FNO3/c11-9-1-7(3-12-5-13)10-8(2-9)4-14-6-15-10/h1-2H,3-4,6H2. The summed E-state index contributed by atoms with van der Waals surface area (Å²) in [4.78, 5) is 13.4. The Kier molecular flexibility index (Phi) is 2.76. The van der Waals surface area contributed by atoms with Gasteiger partial charge in [0.15, 0.2) is 6.79 Å². The third kappa shape index (κ3) is 2.03. The minimum absolute atomic E-state index is 0.0730. The molecule has 0 unspecified atom stereocenters. The van der Waals surface area contributed by atoms with Crippen LogP contribution in [0.4, 0.5) is 4.39 Å². The van der Waals surface area contributed by atoms with Gasteiger partial charge in [-0.05, 0) is 12.1 Å². The van der Waals surface area contributed by atoms with E-state index in [4.69, 9.17) is 9.47 Å². The highest BCUT2D eigenvalue weighted by atomic mass is 19.1. The maximum Gasteiger partial charge on any atom is 0.235 e. The monoisotopic (exact) mass is 209 g/mol. The predicted molar refractivity (Wildman–Crippen MR) is 48.5 cm³/mol. The molecule has 0 spiro atoms. The van der Waals surface area contributed by atoms with Gasteiger partial charge in [0.25, 0.3) is 0 Å². The van der Waals surface area contributed by atoms with Crippen molar-refractivity contribution in [2.24, 2.45) is 4.99 Å². The van der Waals surface area contributed by atoms with E-state index in [1.54, 1.807) is 0 Å². The Bertz CT molecular complexity index is 427. The molecule has 0 bridgehead atoms. The van der Waals surface area contributed by atoms with Gasteiger partial charge >= 0.3 is 0 Å². The van der Waals surface area contributed by atoms with Crippen molar-refractivity contribution in [3.05, 3.63) is 29.1 Å². The maximum atomic E-state index is 13.1. The van der Waals surface area contributed by atoms with Gasteiger partial charge in [-0.1, -0.05) is 0 Å². The van der Waals surface area contributed by atoms with Gasteiger partial charge in [0.2, 0.25) is 6.08 Å². The molecule has 0 atom stereocenters. The van der Waals surface area contributed by atoms with Crippen molar-refractivity contribution in [3.8, 4) is 5.75 Å². The molecule has 0 amide bonds. The fraction of sp³-hybridized carbons (Fsp3) is 0.300. The van der Waals surface area contributed by atoms with E-state index in [0.29, 0.717) is 23.5 Å². The number of carbonyl (C=O) groups excluding carboxylic acids is 1. The van der Waals surface area contributed by atoms with E-state index in [2.05, 4.69) is 4.99 Å². The van der Waals surface area contributed by atoms with Crippen LogP contribution in [0.5, 0.6) is 5.75 Å². The first-order valence-corrected chi connectivity index (χ1v) is 4.36. The molecule has 0 saturated heterocycles. The Morgan fingerprint density at radius 2 is 2.40 bits per heavy atom. The molecule has 1 aliphatic rings. The van der Waals surface area contributed by atoms with Crippen molar-refractivity contribution >= 4 is 6.08 Å². The summed E-state index contributed by atoms with van der Waals surface area (Å²) < 4.78 is 23.4. The SMILES string of the molecule is O=C=NCc1cc(F)cc2c1OCOC2. The highest BCUT2D eigenvalue weighted by Crippen LogP contribution is 2.29. The Balaban J connectivity index is 2.42. The number of rotatable bonds is 2. The van der Waals surface area contributed by atoms with Crippen LogP contribution in [0.15, 0.2) is 17.1 Å². The van der Waals surface area contributed by atoms with Crippen LogP contribution in [-0.4, -0.2) is 12.9 Å². The van der Waals surface area contributed by atoms with E-state index in [1.165, 1.54) is 18.2 Å². The molecule has 0 aromatic heterocycles. The summed E-state index contributed by atoms with van der Waals surface area (Å²) in [5.74, 6) is 0.167. The smallest absolute Gasteiger partial charge is 0.235 e. The lowest BCUT2D eigenvalue weighted by atomic mass is 10.1. The van der Waals surface area contributed by atoms with Crippen LogP contribution in [0.25, 0.3) is 0 Å². The number of ether oxygens (including phenoxy) is 2. The Morgan fingerprint density at radius 1 is 1.53 bits per heavy atom. The molecule has 0 N–H and O–H groups in total. The summed E-state index contributed by atoms with van der Waals surface area (Å²) in [6.45, 7) is 0.519. The van der Waals surface area contributed by atoms with E-state index in [9.17, 15) is 9.18 Å². The lowest BCUT2D eigenvalue weighted by molar-refractivity contribution is -0.0172. The summed E-state index contributed by atoms with van der Waals surface area (Å²) in [7, 11) is 0. The number of hydrogen-bond donors (Lipinski definition) is 0. The van der Waals surface area contributed by atoms with E-state index >= 15 is 0 Å². The highest BCUT2D eigenvalue weighted by Gasteiger charge is 2.16. The number of nitrogens with zero attached hydrogens (tertiary/aromatic N) is 1. The molecule has 1 aliphatic heterocycles. The molecule has 0 aliphatic carbocycles. The molecule has 4 nitrogen and oxygen atoms in total. The van der Waals surface area contributed by atoms with E-state index in [1.807, 2.05) is 0 Å². The molecule has 1 aromatic rings. The van der Waals surface area contributed by atoms with Crippen LogP contribution in [0.1, 0.15) is 11.1 Å². The molecule has 2 rings (SSSR count). The van der Waals surface area contributed by atoms with E-state index in [0.717, 1.165) is 0 Å².